The summed E-state index contributed by atoms with van der Waals surface area (Å²) in [5.41, 5.74) is -1.26. The molecule has 0 aliphatic rings. The van der Waals surface area contributed by atoms with E-state index in [9.17, 15) is 22.4 Å². The van der Waals surface area contributed by atoms with E-state index >= 15 is 0 Å². The molecule has 104 valence electrons. The lowest BCUT2D eigenvalue weighted by Gasteiger charge is -2.10. The first kappa shape index (κ1) is 15.6. The largest absolute Gasteiger partial charge is 0.465 e. The van der Waals surface area contributed by atoms with Crippen molar-refractivity contribution in [2.75, 3.05) is 7.11 Å². The van der Waals surface area contributed by atoms with Gasteiger partial charge in [0.25, 0.3) is 0 Å². The number of methoxy groups -OCH3 is 1. The minimum Gasteiger partial charge on any atom is -0.465 e. The predicted molar refractivity (Wildman–Crippen MR) is 63.9 cm³/mol. The third kappa shape index (κ3) is 4.59. The van der Waals surface area contributed by atoms with Gasteiger partial charge in [0.1, 0.15) is 0 Å². The molecule has 0 spiro atoms. The number of ether oxygens (including phenoxy) is 1. The molecule has 0 heterocycles. The van der Waals surface area contributed by atoms with E-state index in [2.05, 4.69) is 4.74 Å². The number of thioether (sulfide) groups is 1. The van der Waals surface area contributed by atoms with Crippen LogP contribution < -0.4 is 0 Å². The van der Waals surface area contributed by atoms with E-state index in [1.165, 1.54) is 0 Å². The van der Waals surface area contributed by atoms with Crippen LogP contribution in [0.25, 0.3) is 0 Å². The van der Waals surface area contributed by atoms with Crippen LogP contribution in [0.5, 0.6) is 0 Å². The number of hydrogen-bond donors (Lipinski definition) is 0. The first-order valence-corrected chi connectivity index (χ1v) is 6.07. The zero-order valence-corrected chi connectivity index (χ0v) is 10.6. The Morgan fingerprint density at radius 3 is 2.32 bits per heavy atom. The van der Waals surface area contributed by atoms with Crippen LogP contribution in [0.15, 0.2) is 41.1 Å². The minimum atomic E-state index is -5.08. The molecule has 19 heavy (non-hydrogen) atoms. The molecule has 0 aliphatic carbocycles. The third-order valence-corrected chi connectivity index (χ3v) is 3.01. The second-order valence-corrected chi connectivity index (χ2v) is 4.35. The molecule has 0 saturated carbocycles. The molecule has 0 N–H and O–H groups in total. The highest BCUT2D eigenvalue weighted by atomic mass is 32.2. The third-order valence-electron chi connectivity index (χ3n) is 2.08. The van der Waals surface area contributed by atoms with Gasteiger partial charge in [0.15, 0.2) is 10.7 Å². The van der Waals surface area contributed by atoms with Gasteiger partial charge in [0.05, 0.1) is 7.11 Å². The van der Waals surface area contributed by atoms with Gasteiger partial charge < -0.3 is 4.74 Å². The van der Waals surface area contributed by atoms with Crippen molar-refractivity contribution in [3.8, 4) is 0 Å². The Labute approximate surface area is 111 Å². The lowest BCUT2D eigenvalue weighted by atomic mass is 10.2. The standard InChI is InChI=1S/C12H10F4O2S/c1-18-11(17)9(12(14,15)16)10(13)19-7-8-5-3-2-4-6-8/h2-6H,7H2,1H3/b10-9+. The van der Waals surface area contributed by atoms with E-state index in [1.54, 1.807) is 30.3 Å². The van der Waals surface area contributed by atoms with Gasteiger partial charge in [-0.1, -0.05) is 42.1 Å². The topological polar surface area (TPSA) is 26.3 Å². The molecule has 0 radical (unpaired) electrons. The highest BCUT2D eigenvalue weighted by molar-refractivity contribution is 8.02. The maximum Gasteiger partial charge on any atom is 0.426 e. The first-order chi connectivity index (χ1) is 8.86. The number of hydrogen-bond acceptors (Lipinski definition) is 3. The molecule has 0 amide bonds. The second kappa shape index (κ2) is 6.60. The monoisotopic (exact) mass is 294 g/mol. The number of halogens is 4. The highest BCUT2D eigenvalue weighted by Crippen LogP contribution is 2.35. The van der Waals surface area contributed by atoms with E-state index in [0.29, 0.717) is 17.3 Å². The number of carbonyl (C=O) groups is 1. The van der Waals surface area contributed by atoms with Crippen molar-refractivity contribution in [1.82, 2.24) is 0 Å². The Morgan fingerprint density at radius 2 is 1.84 bits per heavy atom. The predicted octanol–water partition coefficient (Wildman–Crippen LogP) is 3.84. The smallest absolute Gasteiger partial charge is 0.426 e. The summed E-state index contributed by atoms with van der Waals surface area (Å²) in [7, 11) is 0.767. The Bertz CT molecular complexity index is 468. The highest BCUT2D eigenvalue weighted by Gasteiger charge is 2.43. The van der Waals surface area contributed by atoms with Gasteiger partial charge >= 0.3 is 12.1 Å². The van der Waals surface area contributed by atoms with Gasteiger partial charge in [-0.25, -0.2) is 4.79 Å². The molecule has 0 aromatic heterocycles. The quantitative estimate of drug-likeness (QED) is 0.479. The van der Waals surface area contributed by atoms with E-state index in [-0.39, 0.29) is 5.75 Å². The molecular weight excluding hydrogens is 284 g/mol. The molecule has 0 bridgehead atoms. The molecule has 7 heteroatoms. The SMILES string of the molecule is COC(=O)/C(=C(/F)SCc1ccccc1)C(F)(F)F. The number of rotatable bonds is 4. The Morgan fingerprint density at radius 1 is 1.26 bits per heavy atom. The summed E-state index contributed by atoms with van der Waals surface area (Å²) in [6.45, 7) is 0. The van der Waals surface area contributed by atoms with E-state index in [4.69, 9.17) is 0 Å². The fourth-order valence-corrected chi connectivity index (χ4v) is 2.03. The van der Waals surface area contributed by atoms with Crippen molar-refractivity contribution in [3.63, 3.8) is 0 Å². The number of alkyl halides is 3. The average molecular weight is 294 g/mol. The van der Waals surface area contributed by atoms with Gasteiger partial charge in [-0.3, -0.25) is 0 Å². The molecule has 1 rings (SSSR count). The van der Waals surface area contributed by atoms with Crippen molar-refractivity contribution in [1.29, 1.82) is 0 Å². The number of esters is 1. The van der Waals surface area contributed by atoms with Crippen LogP contribution in [0.3, 0.4) is 0 Å². The normalized spacial score (nSPS) is 12.9. The zero-order valence-electron chi connectivity index (χ0n) is 9.83. The summed E-state index contributed by atoms with van der Waals surface area (Å²) >= 11 is 0.300. The van der Waals surface area contributed by atoms with Crippen molar-refractivity contribution >= 4 is 17.7 Å². The van der Waals surface area contributed by atoms with Crippen molar-refractivity contribution in [2.24, 2.45) is 0 Å². The molecule has 0 aliphatic heterocycles. The fraction of sp³-hybridized carbons (Fsp3) is 0.250. The van der Waals surface area contributed by atoms with Gasteiger partial charge in [0, 0.05) is 5.75 Å². The summed E-state index contributed by atoms with van der Waals surface area (Å²) in [6, 6.07) is 8.39. The Hall–Kier alpha value is -1.50. The van der Waals surface area contributed by atoms with Crippen LogP contribution >= 0.6 is 11.8 Å². The molecule has 1 aromatic rings. The molecular formula is C12H10F4O2S. The van der Waals surface area contributed by atoms with Crippen LogP contribution in [0.4, 0.5) is 17.6 Å². The molecule has 0 saturated heterocycles. The van der Waals surface area contributed by atoms with Crippen LogP contribution in [-0.2, 0) is 15.3 Å². The first-order valence-electron chi connectivity index (χ1n) is 5.08. The van der Waals surface area contributed by atoms with Gasteiger partial charge in [-0.2, -0.15) is 17.6 Å². The molecule has 0 unspecified atom stereocenters. The fourth-order valence-electron chi connectivity index (χ4n) is 1.20. The summed E-state index contributed by atoms with van der Waals surface area (Å²) < 4.78 is 55.0. The average Bonchev–Trinajstić information content (AvgIpc) is 2.36. The Balaban J connectivity index is 2.88. The molecule has 0 atom stereocenters. The lowest BCUT2D eigenvalue weighted by Crippen LogP contribution is -2.22. The number of benzene rings is 1. The summed E-state index contributed by atoms with van der Waals surface area (Å²) in [6.07, 6.45) is -5.08. The van der Waals surface area contributed by atoms with E-state index in [0.717, 1.165) is 7.11 Å². The minimum absolute atomic E-state index is 0.0107. The molecule has 2 nitrogen and oxygen atoms in total. The second-order valence-electron chi connectivity index (χ2n) is 3.41. The van der Waals surface area contributed by atoms with Gasteiger partial charge in [0.2, 0.25) is 0 Å². The van der Waals surface area contributed by atoms with Crippen molar-refractivity contribution in [3.05, 3.63) is 46.6 Å². The van der Waals surface area contributed by atoms with E-state index < -0.39 is 22.9 Å². The zero-order chi connectivity index (χ0) is 14.5. The summed E-state index contributed by atoms with van der Waals surface area (Å²) in [5, 5.41) is -1.59. The van der Waals surface area contributed by atoms with Crippen LogP contribution in [0, 0.1) is 0 Å². The number of carbonyl (C=O) groups excluding carboxylic acids is 1. The summed E-state index contributed by atoms with van der Waals surface area (Å²) in [5.74, 6) is -1.74. The van der Waals surface area contributed by atoms with Crippen LogP contribution in [-0.4, -0.2) is 19.3 Å². The maximum absolute atomic E-state index is 13.5. The molecule has 1 aromatic carbocycles. The van der Waals surface area contributed by atoms with E-state index in [1.807, 2.05) is 0 Å². The van der Waals surface area contributed by atoms with Crippen LogP contribution in [0.2, 0.25) is 0 Å². The maximum atomic E-state index is 13.5. The Kier molecular flexibility index (Phi) is 5.41. The molecule has 0 fully saturated rings. The van der Waals surface area contributed by atoms with Gasteiger partial charge in [-0.15, -0.1) is 0 Å². The summed E-state index contributed by atoms with van der Waals surface area (Å²) in [4.78, 5) is 11.0. The van der Waals surface area contributed by atoms with Crippen LogP contribution in [0.1, 0.15) is 5.56 Å². The lowest BCUT2D eigenvalue weighted by molar-refractivity contribution is -0.148. The van der Waals surface area contributed by atoms with Crippen molar-refractivity contribution in [2.45, 2.75) is 11.9 Å². The van der Waals surface area contributed by atoms with Crippen molar-refractivity contribution < 1.29 is 27.1 Å². The van der Waals surface area contributed by atoms with Gasteiger partial charge in [-0.05, 0) is 5.56 Å².